The average molecular weight is 535 g/mol. The quantitative estimate of drug-likeness (QED) is 0.242. The van der Waals surface area contributed by atoms with E-state index in [1.54, 1.807) is 11.8 Å². The van der Waals surface area contributed by atoms with Gasteiger partial charge < -0.3 is 15.0 Å². The number of carbonyl (C=O) groups excluding carboxylic acids is 1. The third kappa shape index (κ3) is 5.55. The molecule has 3 atom stereocenters. The third-order valence-electron chi connectivity index (χ3n) is 7.87. The summed E-state index contributed by atoms with van der Waals surface area (Å²) in [6.45, 7) is 2.77. The third-order valence-corrected chi connectivity index (χ3v) is 8.98. The smallest absolute Gasteiger partial charge is 0.262 e. The summed E-state index contributed by atoms with van der Waals surface area (Å²) in [5, 5.41) is 5.86. The molecule has 1 aliphatic heterocycles. The molecule has 2 fully saturated rings. The Morgan fingerprint density at radius 3 is 2.41 bits per heavy atom. The van der Waals surface area contributed by atoms with Gasteiger partial charge in [-0.2, -0.15) is 0 Å². The van der Waals surface area contributed by atoms with Gasteiger partial charge >= 0.3 is 0 Å². The molecular weight excluding hydrogens is 500 g/mol. The van der Waals surface area contributed by atoms with Gasteiger partial charge in [-0.1, -0.05) is 110 Å². The molecule has 4 nitrogen and oxygen atoms in total. The van der Waals surface area contributed by atoms with E-state index in [9.17, 15) is 4.79 Å². The molecule has 2 aliphatic rings. The lowest BCUT2D eigenvalue weighted by molar-refractivity contribution is -0.129. The normalized spacial score (nSPS) is 22.4. The summed E-state index contributed by atoms with van der Waals surface area (Å²) in [5.74, 6) is 1.37. The number of amides is 1. The van der Waals surface area contributed by atoms with Crippen LogP contribution in [0.3, 0.4) is 0 Å². The maximum Gasteiger partial charge on any atom is 0.262 e. The maximum atomic E-state index is 14.1. The second-order valence-corrected chi connectivity index (χ2v) is 11.6. The predicted molar refractivity (Wildman–Crippen MR) is 162 cm³/mol. The van der Waals surface area contributed by atoms with Crippen molar-refractivity contribution in [2.75, 3.05) is 5.32 Å². The van der Waals surface area contributed by atoms with Gasteiger partial charge in [-0.3, -0.25) is 4.79 Å². The fraction of sp³-hybridized carbons (Fsp3) is 0.265. The minimum Gasteiger partial charge on any atom is -0.488 e. The van der Waals surface area contributed by atoms with Crippen molar-refractivity contribution in [2.45, 2.75) is 50.8 Å². The zero-order valence-electron chi connectivity index (χ0n) is 22.3. The molecule has 1 unspecified atom stereocenters. The topological polar surface area (TPSA) is 41.6 Å². The summed E-state index contributed by atoms with van der Waals surface area (Å²) in [6.07, 6.45) is 6.68. The van der Waals surface area contributed by atoms with Gasteiger partial charge in [-0.05, 0) is 59.4 Å². The first-order valence-electron chi connectivity index (χ1n) is 13.9. The highest BCUT2D eigenvalue weighted by Crippen LogP contribution is 2.43. The van der Waals surface area contributed by atoms with Gasteiger partial charge in [-0.25, -0.2) is 0 Å². The van der Waals surface area contributed by atoms with Crippen LogP contribution in [-0.2, 0) is 11.4 Å². The number of benzene rings is 4. The number of nitrogens with one attached hydrogen (secondary N) is 1. The summed E-state index contributed by atoms with van der Waals surface area (Å²) < 4.78 is 6.37. The Hall–Kier alpha value is -3.70. The van der Waals surface area contributed by atoms with Gasteiger partial charge in [0, 0.05) is 17.3 Å². The van der Waals surface area contributed by atoms with E-state index in [-0.39, 0.29) is 17.4 Å². The number of hydrogen-bond donors (Lipinski definition) is 1. The summed E-state index contributed by atoms with van der Waals surface area (Å²) in [4.78, 5) is 17.0. The van der Waals surface area contributed by atoms with Gasteiger partial charge in [-0.15, -0.1) is 0 Å². The van der Waals surface area contributed by atoms with Crippen LogP contribution in [-0.4, -0.2) is 22.3 Å². The molecule has 198 valence electrons. The SMILES string of the molecule is C[C@@H]1CCCC[C@@H]1N1C(=O)/C(=C/c2c(OCc3ccccc3)ccc3ccccc23)SC1Nc1ccccc1. The molecule has 0 spiro atoms. The zero-order valence-corrected chi connectivity index (χ0v) is 23.1. The van der Waals surface area contributed by atoms with Crippen molar-refractivity contribution < 1.29 is 9.53 Å². The molecular formula is C34H34N2O2S. The number of ether oxygens (including phenoxy) is 1. The number of thioether (sulfide) groups is 1. The highest BCUT2D eigenvalue weighted by atomic mass is 32.2. The fourth-order valence-electron chi connectivity index (χ4n) is 5.78. The van der Waals surface area contributed by atoms with Gasteiger partial charge in [0.2, 0.25) is 0 Å². The lowest BCUT2D eigenvalue weighted by Crippen LogP contribution is -2.48. The Morgan fingerprint density at radius 2 is 1.62 bits per heavy atom. The number of para-hydroxylation sites is 1. The first kappa shape index (κ1) is 25.6. The van der Waals surface area contributed by atoms with Crippen molar-refractivity contribution in [3.8, 4) is 5.75 Å². The lowest BCUT2D eigenvalue weighted by atomic mass is 9.85. The van der Waals surface area contributed by atoms with E-state index >= 15 is 0 Å². The van der Waals surface area contributed by atoms with Crippen LogP contribution in [0.2, 0.25) is 0 Å². The van der Waals surface area contributed by atoms with Crippen LogP contribution < -0.4 is 10.1 Å². The molecule has 39 heavy (non-hydrogen) atoms. The van der Waals surface area contributed by atoms with Crippen LogP contribution in [0.5, 0.6) is 5.75 Å². The minimum absolute atomic E-state index is 0.106. The van der Waals surface area contributed by atoms with Crippen molar-refractivity contribution in [3.63, 3.8) is 0 Å². The molecule has 5 heteroatoms. The number of nitrogens with zero attached hydrogens (tertiary/aromatic N) is 1. The minimum atomic E-state index is -0.152. The van der Waals surface area contributed by atoms with E-state index in [0.29, 0.717) is 12.5 Å². The Bertz CT molecular complexity index is 1470. The van der Waals surface area contributed by atoms with E-state index in [4.69, 9.17) is 4.74 Å². The Kier molecular flexibility index (Phi) is 7.60. The molecule has 6 rings (SSSR count). The standard InChI is InChI=1S/C34H34N2O2S/c1-24-12-8-11-19-30(24)36-33(37)32(39-34(36)35-27-16-6-3-7-17-27)22-29-28-18-10-9-15-26(28)20-21-31(29)38-23-25-13-4-2-5-14-25/h2-7,9-10,13-18,20-22,24,30,34-35H,8,11-12,19,23H2,1H3/b32-22-/t24-,30+,34?/m1/s1. The number of anilines is 1. The van der Waals surface area contributed by atoms with Crippen molar-refractivity contribution >= 4 is 40.2 Å². The summed E-state index contributed by atoms with van der Waals surface area (Å²) in [7, 11) is 0. The van der Waals surface area contributed by atoms with E-state index < -0.39 is 0 Å². The van der Waals surface area contributed by atoms with Crippen LogP contribution >= 0.6 is 11.8 Å². The highest BCUT2D eigenvalue weighted by molar-refractivity contribution is 8.05. The maximum absolute atomic E-state index is 14.1. The van der Waals surface area contributed by atoms with Crippen molar-refractivity contribution in [1.29, 1.82) is 0 Å². The highest BCUT2D eigenvalue weighted by Gasteiger charge is 2.43. The molecule has 1 saturated carbocycles. The second-order valence-electron chi connectivity index (χ2n) is 10.5. The van der Waals surface area contributed by atoms with E-state index in [1.165, 1.54) is 12.8 Å². The van der Waals surface area contributed by atoms with Crippen LogP contribution in [0.25, 0.3) is 16.8 Å². The summed E-state index contributed by atoms with van der Waals surface area (Å²) >= 11 is 1.61. The first-order valence-corrected chi connectivity index (χ1v) is 14.8. The average Bonchev–Trinajstić information content (AvgIpc) is 3.27. The van der Waals surface area contributed by atoms with Crippen LogP contribution in [0.4, 0.5) is 5.69 Å². The summed E-state index contributed by atoms with van der Waals surface area (Å²) in [6, 6.07) is 33.1. The molecule has 1 amide bonds. The predicted octanol–water partition coefficient (Wildman–Crippen LogP) is 8.31. The van der Waals surface area contributed by atoms with Gasteiger partial charge in [0.1, 0.15) is 12.4 Å². The lowest BCUT2D eigenvalue weighted by Gasteiger charge is -2.39. The van der Waals surface area contributed by atoms with Crippen molar-refractivity contribution in [3.05, 3.63) is 113 Å². The molecule has 0 aromatic heterocycles. The Balaban J connectivity index is 1.38. The zero-order chi connectivity index (χ0) is 26.6. The Morgan fingerprint density at radius 1 is 0.897 bits per heavy atom. The van der Waals surface area contributed by atoms with Crippen LogP contribution in [0, 0.1) is 5.92 Å². The molecule has 0 bridgehead atoms. The van der Waals surface area contributed by atoms with Crippen molar-refractivity contribution in [2.24, 2.45) is 5.92 Å². The van der Waals surface area contributed by atoms with Crippen LogP contribution in [0.15, 0.2) is 102 Å². The van der Waals surface area contributed by atoms with E-state index in [0.717, 1.165) is 51.1 Å². The Labute approximate surface area is 235 Å². The second kappa shape index (κ2) is 11.6. The molecule has 4 aromatic carbocycles. The molecule has 1 heterocycles. The van der Waals surface area contributed by atoms with Crippen molar-refractivity contribution in [1.82, 2.24) is 4.90 Å². The largest absolute Gasteiger partial charge is 0.488 e. The number of rotatable bonds is 7. The number of carbonyl (C=O) groups is 1. The molecule has 1 N–H and O–H groups in total. The molecule has 1 aliphatic carbocycles. The number of hydrogen-bond acceptors (Lipinski definition) is 4. The molecule has 1 saturated heterocycles. The van der Waals surface area contributed by atoms with Gasteiger partial charge in [0.05, 0.1) is 4.91 Å². The van der Waals surface area contributed by atoms with E-state index in [1.807, 2.05) is 54.6 Å². The summed E-state index contributed by atoms with van der Waals surface area (Å²) in [5.41, 5.74) is 2.94. The van der Waals surface area contributed by atoms with Crippen LogP contribution in [0.1, 0.15) is 43.7 Å². The van der Waals surface area contributed by atoms with Gasteiger partial charge in [0.15, 0.2) is 5.50 Å². The first-order chi connectivity index (χ1) is 19.2. The fourth-order valence-corrected chi connectivity index (χ4v) is 6.98. The van der Waals surface area contributed by atoms with E-state index in [2.05, 4.69) is 65.7 Å². The number of fused-ring (bicyclic) bond motifs is 1. The monoisotopic (exact) mass is 534 g/mol. The molecule has 4 aromatic rings. The molecule has 0 radical (unpaired) electrons. The van der Waals surface area contributed by atoms with Gasteiger partial charge in [0.25, 0.3) is 5.91 Å².